The number of anilines is 1. The Morgan fingerprint density at radius 2 is 0.625 bits per heavy atom. The fraction of sp³-hybridized carbons (Fsp3) is 0.306. The molecule has 1 N–H and O–H groups in total. The maximum Gasteiger partial charge on any atom is 0.261 e. The topological polar surface area (TPSA) is 102 Å². The number of nitrogens with one attached hydrogen (secondary N) is 1. The van der Waals surface area contributed by atoms with E-state index in [1.54, 1.807) is 43.5 Å². The molecule has 0 saturated carbocycles. The van der Waals surface area contributed by atoms with E-state index in [2.05, 4.69) is 238 Å². The van der Waals surface area contributed by atoms with Gasteiger partial charge in [0.2, 0.25) is 0 Å². The van der Waals surface area contributed by atoms with E-state index in [1.165, 1.54) is 66.8 Å². The van der Waals surface area contributed by atoms with Crippen LogP contribution in [0.15, 0.2) is 314 Å². The molecular weight excluding hydrogens is 1800 g/mol. The number of hydrogen-bond donors (Lipinski definition) is 1. The monoisotopic (exact) mass is 1940 g/mol. The van der Waals surface area contributed by atoms with Gasteiger partial charge in [0.25, 0.3) is 10.0 Å². The van der Waals surface area contributed by atoms with E-state index in [-0.39, 0.29) is 10.3 Å². The lowest BCUT2D eigenvalue weighted by Gasteiger charge is -2.20. The Bertz CT molecular complexity index is 6030. The van der Waals surface area contributed by atoms with Crippen LogP contribution in [0.4, 0.5) is 5.69 Å². The summed E-state index contributed by atoms with van der Waals surface area (Å²) in [5.41, 5.74) is 19.5. The van der Waals surface area contributed by atoms with Gasteiger partial charge in [-0.1, -0.05) is 352 Å². The van der Waals surface area contributed by atoms with Crippen LogP contribution in [0.3, 0.4) is 0 Å². The quantitative estimate of drug-likeness (QED) is 0.0759. The van der Waals surface area contributed by atoms with Crippen molar-refractivity contribution in [3.05, 3.63) is 418 Å². The number of sulfonamides is 1. The Balaban J connectivity index is 0.000000213. The Morgan fingerprint density at radius 3 is 1.01 bits per heavy atom. The Kier molecular flexibility index (Phi) is 44.3. The third-order valence-corrected chi connectivity index (χ3v) is 24.8. The number of benzene rings is 14. The molecule has 0 aliphatic rings. The van der Waals surface area contributed by atoms with Gasteiger partial charge in [0, 0.05) is 15.7 Å². The second kappa shape index (κ2) is 53.7. The molecule has 15 heteroatoms. The average molecular weight is 1950 g/mol. The molecule has 14 aromatic rings. The van der Waals surface area contributed by atoms with Crippen LogP contribution in [0.25, 0.3) is 0 Å². The van der Waals surface area contributed by atoms with Crippen molar-refractivity contribution >= 4 is 73.7 Å². The number of halogens is 5. The predicted molar refractivity (Wildman–Crippen MR) is 582 cm³/mol. The zero-order valence-corrected chi connectivity index (χ0v) is 89.4. The summed E-state index contributed by atoms with van der Waals surface area (Å²) in [5, 5.41) is 3.43. The summed E-state index contributed by atoms with van der Waals surface area (Å²) in [5.74, 6) is 11.4. The zero-order chi connectivity index (χ0) is 100. The molecule has 0 atom stereocenters. The first-order valence-electron chi connectivity index (χ1n) is 46.6. The van der Waals surface area contributed by atoms with Crippen molar-refractivity contribution in [3.8, 4) is 63.2 Å². The molecule has 0 bridgehead atoms. The smallest absolute Gasteiger partial charge is 0.261 e. The van der Waals surface area contributed by atoms with Crippen LogP contribution >= 0.6 is 58.0 Å². The molecular formula is C121H142Cl5NO8S. The Labute approximate surface area is 840 Å². The van der Waals surface area contributed by atoms with Gasteiger partial charge in [0.15, 0.2) is 0 Å². The lowest BCUT2D eigenvalue weighted by Crippen LogP contribution is -2.15. The lowest BCUT2D eigenvalue weighted by atomic mass is 9.87. The van der Waals surface area contributed by atoms with Crippen molar-refractivity contribution in [3.63, 3.8) is 0 Å². The van der Waals surface area contributed by atoms with Crippen molar-refractivity contribution < 1.29 is 36.8 Å². The highest BCUT2D eigenvalue weighted by atomic mass is 35.5. The van der Waals surface area contributed by atoms with E-state index in [4.69, 9.17) is 86.4 Å². The number of ether oxygens (including phenoxy) is 6. The highest BCUT2D eigenvalue weighted by Crippen LogP contribution is 2.39. The van der Waals surface area contributed by atoms with Gasteiger partial charge in [-0.3, -0.25) is 4.72 Å². The highest BCUT2D eigenvalue weighted by molar-refractivity contribution is 7.92. The van der Waals surface area contributed by atoms with Gasteiger partial charge in [0.1, 0.15) is 63.2 Å². The fourth-order valence-electron chi connectivity index (χ4n) is 13.3. The van der Waals surface area contributed by atoms with Gasteiger partial charge in [-0.2, -0.15) is 0 Å². The molecule has 0 unspecified atom stereocenters. The minimum absolute atomic E-state index is 0.0225. The number of hydrogen-bond acceptors (Lipinski definition) is 8. The number of aryl methyl sites for hydroxylation is 7. The third kappa shape index (κ3) is 40.0. The highest BCUT2D eigenvalue weighted by Gasteiger charge is 2.20. The molecule has 14 aromatic carbocycles. The van der Waals surface area contributed by atoms with Gasteiger partial charge in [-0.25, -0.2) is 8.42 Å². The summed E-state index contributed by atoms with van der Waals surface area (Å²) in [6.07, 6.45) is 2.19. The molecule has 136 heavy (non-hydrogen) atoms. The molecule has 0 saturated heterocycles. The second-order valence-electron chi connectivity index (χ2n) is 39.2. The number of para-hydroxylation sites is 1. The number of rotatable bonds is 21. The van der Waals surface area contributed by atoms with Crippen molar-refractivity contribution in [2.24, 2.45) is 10.8 Å². The zero-order valence-electron chi connectivity index (χ0n) is 84.8. The standard InChI is InChI=1S/C17H19ClO.C17H21NO2S.C16H16Cl2O.C16H17ClO.C16H18O.C15H16O.C12H17Cl.C12H18O/c1-11(2)14-6-8-16(18)17(10-14)19-15-7-5-12(3)13(4)9-15;1-13-8-10-16(11-9-13)21(19,20)18-15-7-5-6-14(12-15)17(2,3)4;1-10(2)12-5-7-14(17)16(8-12)19-13-6-4-11(3)15(18)9-13;1-11(2)13-6-9-15(17)16(10-13)18-14-7-4-12(3)5-8-14;1-12(2)14-6-10-16(11-7-14)17-15-8-4-13(3)5-9-15;1-12(2)13-8-10-15(11-9-13)16-14-6-4-3-5-7-14;1-9-7-10(5-6-11(9)13)8-12(2,3)4;1-12(2,3)9-10-6-5-7-11(8-10)13-4/h5-11H,1-4H3;5-12,18H,1-4H3;4-10H,1-3H3;4-11H,1-3H3;4-12H,1-3H3;3-12H,1-2H3;5-7H,8H2,1-4H3;5-8H,9H2,1-4H3. The van der Waals surface area contributed by atoms with Crippen LogP contribution in [0.2, 0.25) is 25.1 Å². The van der Waals surface area contributed by atoms with Crippen LogP contribution in [-0.4, -0.2) is 15.5 Å². The summed E-state index contributed by atoms with van der Waals surface area (Å²) >= 11 is 30.6. The first-order valence-corrected chi connectivity index (χ1v) is 49.9. The summed E-state index contributed by atoms with van der Waals surface area (Å²) < 4.78 is 61.6. The molecule has 0 spiro atoms. The molecule has 720 valence electrons. The Hall–Kier alpha value is -10.9. The van der Waals surface area contributed by atoms with E-state index in [1.807, 2.05) is 220 Å². The predicted octanol–water partition coefficient (Wildman–Crippen LogP) is 38.8. The molecule has 0 amide bonds. The van der Waals surface area contributed by atoms with Crippen LogP contribution in [0.1, 0.15) is 245 Å². The van der Waals surface area contributed by atoms with E-state index >= 15 is 0 Å². The van der Waals surface area contributed by atoms with Crippen LogP contribution in [0.5, 0.6) is 63.2 Å². The van der Waals surface area contributed by atoms with Gasteiger partial charge >= 0.3 is 0 Å². The molecule has 0 fully saturated rings. The molecule has 0 radical (unpaired) electrons. The largest absolute Gasteiger partial charge is 0.497 e. The number of methoxy groups -OCH3 is 1. The van der Waals surface area contributed by atoms with E-state index in [9.17, 15) is 8.42 Å². The first-order chi connectivity index (χ1) is 64.0. The lowest BCUT2D eigenvalue weighted by molar-refractivity contribution is 0.402. The minimum Gasteiger partial charge on any atom is -0.497 e. The summed E-state index contributed by atoms with van der Waals surface area (Å²) in [4.78, 5) is 0.272. The van der Waals surface area contributed by atoms with Crippen molar-refractivity contribution in [1.29, 1.82) is 0 Å². The first kappa shape index (κ1) is 112. The van der Waals surface area contributed by atoms with Crippen molar-refractivity contribution in [2.45, 2.75) is 233 Å². The average Bonchev–Trinajstić information content (AvgIpc) is 0.805. The molecule has 0 aliphatic heterocycles. The van der Waals surface area contributed by atoms with Crippen LogP contribution < -0.4 is 33.1 Å². The summed E-state index contributed by atoms with van der Waals surface area (Å²) in [6, 6.07) is 101. The van der Waals surface area contributed by atoms with Crippen LogP contribution in [-0.2, 0) is 28.3 Å². The van der Waals surface area contributed by atoms with Gasteiger partial charge in [-0.05, 0) is 338 Å². The minimum atomic E-state index is -3.54. The SMILES string of the molecule is CC(C)c1ccc(Oc2ccccc2)cc1.COc1cccc(CC(C)(C)C)c1.Cc1cc(CC(C)(C)C)ccc1Cl.Cc1ccc(Oc2cc(C(C)C)ccc2Cl)cc1.Cc1ccc(Oc2cc(C(C)C)ccc2Cl)cc1C.Cc1ccc(Oc2cc(C(C)C)ccc2Cl)cc1Cl.Cc1ccc(Oc2ccc(C(C)C)cc2)cc1.Cc1ccc(S(=O)(=O)Nc2cccc(C(C)(C)C)c2)cc1. The molecule has 0 aromatic heterocycles. The maximum atomic E-state index is 12.4. The molecule has 14 rings (SSSR count). The van der Waals surface area contributed by atoms with Gasteiger partial charge < -0.3 is 28.4 Å². The molecule has 0 heterocycles. The summed E-state index contributed by atoms with van der Waals surface area (Å²) in [6.45, 7) is 55.6. The van der Waals surface area contributed by atoms with Crippen molar-refractivity contribution in [1.82, 2.24) is 0 Å². The van der Waals surface area contributed by atoms with E-state index < -0.39 is 10.0 Å². The normalized spacial score (nSPS) is 11.1. The maximum absolute atomic E-state index is 12.4. The van der Waals surface area contributed by atoms with Gasteiger partial charge in [-0.15, -0.1) is 0 Å². The van der Waals surface area contributed by atoms with E-state index in [0.29, 0.717) is 83.4 Å². The third-order valence-electron chi connectivity index (χ3n) is 21.7. The molecule has 0 aliphatic carbocycles. The fourth-order valence-corrected chi connectivity index (χ4v) is 15.1. The van der Waals surface area contributed by atoms with Crippen molar-refractivity contribution in [2.75, 3.05) is 11.8 Å². The Morgan fingerprint density at radius 1 is 0.279 bits per heavy atom. The molecule has 9 nitrogen and oxygen atoms in total. The van der Waals surface area contributed by atoms with Crippen LogP contribution in [0, 0.1) is 59.3 Å². The van der Waals surface area contributed by atoms with E-state index in [0.717, 1.165) is 80.6 Å². The van der Waals surface area contributed by atoms with Gasteiger partial charge in [0.05, 0.1) is 27.1 Å². The summed E-state index contributed by atoms with van der Waals surface area (Å²) in [7, 11) is -1.84. The second-order valence-corrected chi connectivity index (χ2v) is 43.0.